The second-order valence-corrected chi connectivity index (χ2v) is 11.2. The van der Waals surface area contributed by atoms with Crippen LogP contribution in [-0.2, 0) is 10.8 Å². The maximum atomic E-state index is 11.2. The van der Waals surface area contributed by atoms with Crippen molar-refractivity contribution >= 4 is 11.6 Å². The molecule has 1 aliphatic heterocycles. The third kappa shape index (κ3) is 5.01. The summed E-state index contributed by atoms with van der Waals surface area (Å²) in [5.74, 6) is 0.437. The molecular weight excluding hydrogens is 392 g/mol. The molecule has 30 heavy (non-hydrogen) atoms. The molecule has 0 amide bonds. The highest BCUT2D eigenvalue weighted by molar-refractivity contribution is 6.30. The van der Waals surface area contributed by atoms with Gasteiger partial charge in [-0.15, -0.1) is 0 Å². The van der Waals surface area contributed by atoms with Crippen LogP contribution in [0.25, 0.3) is 0 Å². The number of aromatic hydroxyl groups is 1. The molecule has 164 valence electrons. The molecule has 0 saturated carbocycles. The van der Waals surface area contributed by atoms with E-state index in [-0.39, 0.29) is 16.9 Å². The third-order valence-corrected chi connectivity index (χ3v) is 6.40. The van der Waals surface area contributed by atoms with Crippen LogP contribution in [0.5, 0.6) is 5.75 Å². The number of likely N-dealkylation sites (N-methyl/N-ethyl adjacent to an activating group) is 1. The molecule has 2 aromatic carbocycles. The summed E-state index contributed by atoms with van der Waals surface area (Å²) in [6.07, 6.45) is 0. The van der Waals surface area contributed by atoms with Crippen LogP contribution < -0.4 is 0 Å². The van der Waals surface area contributed by atoms with Gasteiger partial charge in [0.25, 0.3) is 0 Å². The van der Waals surface area contributed by atoms with E-state index in [2.05, 4.69) is 82.7 Å². The van der Waals surface area contributed by atoms with Gasteiger partial charge in [-0.1, -0.05) is 65.3 Å². The van der Waals surface area contributed by atoms with Gasteiger partial charge in [-0.05, 0) is 64.4 Å². The molecule has 1 saturated heterocycles. The van der Waals surface area contributed by atoms with E-state index in [1.165, 1.54) is 11.1 Å². The van der Waals surface area contributed by atoms with Crippen molar-refractivity contribution in [2.24, 2.45) is 0 Å². The van der Waals surface area contributed by atoms with Gasteiger partial charge >= 0.3 is 0 Å². The minimum Gasteiger partial charge on any atom is -0.507 e. The topological polar surface area (TPSA) is 26.7 Å². The van der Waals surface area contributed by atoms with Crippen molar-refractivity contribution in [3.8, 4) is 5.75 Å². The van der Waals surface area contributed by atoms with Gasteiger partial charge in [-0.25, -0.2) is 0 Å². The van der Waals surface area contributed by atoms with Crippen molar-refractivity contribution in [3.05, 3.63) is 63.7 Å². The second-order valence-electron chi connectivity index (χ2n) is 10.8. The molecule has 2 aromatic rings. The first-order valence-corrected chi connectivity index (χ1v) is 11.3. The Labute approximate surface area is 187 Å². The zero-order chi connectivity index (χ0) is 22.3. The van der Waals surface area contributed by atoms with E-state index in [1.807, 2.05) is 12.1 Å². The van der Waals surface area contributed by atoms with Crippen LogP contribution >= 0.6 is 11.6 Å². The van der Waals surface area contributed by atoms with E-state index in [1.54, 1.807) is 0 Å². The van der Waals surface area contributed by atoms with Gasteiger partial charge in [0.05, 0.1) is 6.04 Å². The van der Waals surface area contributed by atoms with Gasteiger partial charge in [-0.3, -0.25) is 4.90 Å². The Kier molecular flexibility index (Phi) is 6.57. The molecule has 4 heteroatoms. The average molecular weight is 429 g/mol. The molecule has 3 rings (SSSR count). The molecule has 0 bridgehead atoms. The Balaban J connectivity index is 2.20. The van der Waals surface area contributed by atoms with Crippen LogP contribution in [0, 0.1) is 0 Å². The number of rotatable bonds is 3. The summed E-state index contributed by atoms with van der Waals surface area (Å²) in [5, 5.41) is 11.9. The first-order valence-electron chi connectivity index (χ1n) is 10.9. The van der Waals surface area contributed by atoms with Gasteiger partial charge in [0.1, 0.15) is 5.75 Å². The second kappa shape index (κ2) is 8.53. The van der Waals surface area contributed by atoms with Crippen LogP contribution in [0.1, 0.15) is 69.8 Å². The first-order chi connectivity index (χ1) is 13.9. The summed E-state index contributed by atoms with van der Waals surface area (Å²) in [6.45, 7) is 17.2. The molecule has 0 spiro atoms. The maximum Gasteiger partial charge on any atom is 0.123 e. The number of hydrogen-bond acceptors (Lipinski definition) is 3. The molecule has 3 nitrogen and oxygen atoms in total. The Morgan fingerprint density at radius 3 is 1.70 bits per heavy atom. The van der Waals surface area contributed by atoms with E-state index < -0.39 is 0 Å². The molecule has 0 radical (unpaired) electrons. The molecule has 0 aromatic heterocycles. The van der Waals surface area contributed by atoms with Crippen molar-refractivity contribution < 1.29 is 5.11 Å². The van der Waals surface area contributed by atoms with Crippen molar-refractivity contribution in [1.82, 2.24) is 9.80 Å². The lowest BCUT2D eigenvalue weighted by atomic mass is 9.77. The molecule has 1 heterocycles. The fourth-order valence-corrected chi connectivity index (χ4v) is 4.42. The highest BCUT2D eigenvalue weighted by Crippen LogP contribution is 2.43. The van der Waals surface area contributed by atoms with Crippen LogP contribution in [0.15, 0.2) is 36.4 Å². The van der Waals surface area contributed by atoms with E-state index in [0.29, 0.717) is 5.75 Å². The highest BCUT2D eigenvalue weighted by Gasteiger charge is 2.31. The zero-order valence-electron chi connectivity index (χ0n) is 19.6. The van der Waals surface area contributed by atoms with Crippen LogP contribution in [0.2, 0.25) is 5.02 Å². The van der Waals surface area contributed by atoms with Gasteiger partial charge in [0.2, 0.25) is 0 Å². The lowest BCUT2D eigenvalue weighted by molar-refractivity contribution is 0.127. The largest absolute Gasteiger partial charge is 0.507 e. The number of phenolic OH excluding ortho intramolecular Hbond substituents is 1. The first kappa shape index (κ1) is 23.1. The molecule has 1 fully saturated rings. The highest BCUT2D eigenvalue weighted by atomic mass is 35.5. The van der Waals surface area contributed by atoms with E-state index in [9.17, 15) is 5.11 Å². The van der Waals surface area contributed by atoms with Gasteiger partial charge in [-0.2, -0.15) is 0 Å². The zero-order valence-corrected chi connectivity index (χ0v) is 20.3. The number of hydrogen-bond donors (Lipinski definition) is 1. The molecule has 1 N–H and O–H groups in total. The van der Waals surface area contributed by atoms with Crippen molar-refractivity contribution in [3.63, 3.8) is 0 Å². The monoisotopic (exact) mass is 428 g/mol. The number of nitrogens with zero attached hydrogens (tertiary/aromatic N) is 2. The van der Waals surface area contributed by atoms with E-state index in [0.717, 1.165) is 42.3 Å². The van der Waals surface area contributed by atoms with E-state index >= 15 is 0 Å². The Bertz CT molecular complexity index is 834. The van der Waals surface area contributed by atoms with Crippen LogP contribution in [-0.4, -0.2) is 48.1 Å². The normalized spacial score (nSPS) is 17.9. The Morgan fingerprint density at radius 1 is 0.800 bits per heavy atom. The predicted molar refractivity (Wildman–Crippen MR) is 128 cm³/mol. The summed E-state index contributed by atoms with van der Waals surface area (Å²) in [7, 11) is 2.19. The Hall–Kier alpha value is -1.55. The molecule has 0 unspecified atom stereocenters. The minimum absolute atomic E-state index is 0.138. The SMILES string of the molecule is CN1CCN([C@H](c2ccc(Cl)cc2)c2cc(C(C)(C)C)c(O)c(C(C)(C)C)c2)CC1. The summed E-state index contributed by atoms with van der Waals surface area (Å²) < 4.78 is 0. The molecule has 1 atom stereocenters. The predicted octanol–water partition coefficient (Wildman–Crippen LogP) is 5.98. The molecular formula is C26H37ClN2O. The number of phenols is 1. The van der Waals surface area contributed by atoms with E-state index in [4.69, 9.17) is 11.6 Å². The van der Waals surface area contributed by atoms with Crippen molar-refractivity contribution in [1.29, 1.82) is 0 Å². The van der Waals surface area contributed by atoms with Gasteiger partial charge < -0.3 is 10.0 Å². The van der Waals surface area contributed by atoms with Crippen LogP contribution in [0.3, 0.4) is 0 Å². The fraction of sp³-hybridized carbons (Fsp3) is 0.538. The molecule has 1 aliphatic rings. The smallest absolute Gasteiger partial charge is 0.123 e. The quantitative estimate of drug-likeness (QED) is 0.651. The van der Waals surface area contributed by atoms with Crippen molar-refractivity contribution in [2.75, 3.05) is 33.2 Å². The summed E-state index contributed by atoms with van der Waals surface area (Å²) >= 11 is 6.20. The van der Waals surface area contributed by atoms with Gasteiger partial charge in [0, 0.05) is 31.2 Å². The summed E-state index contributed by atoms with van der Waals surface area (Å²) in [4.78, 5) is 4.95. The molecule has 0 aliphatic carbocycles. The summed E-state index contributed by atoms with van der Waals surface area (Å²) in [6, 6.07) is 12.8. The fourth-order valence-electron chi connectivity index (χ4n) is 4.30. The van der Waals surface area contributed by atoms with Crippen LogP contribution in [0.4, 0.5) is 0 Å². The van der Waals surface area contributed by atoms with Crippen molar-refractivity contribution in [2.45, 2.75) is 58.4 Å². The third-order valence-electron chi connectivity index (χ3n) is 6.15. The number of halogens is 1. The standard InChI is InChI=1S/C26H37ClN2O/c1-25(2,3)21-16-19(17-22(24(21)30)26(4,5)6)23(18-8-10-20(27)11-9-18)29-14-12-28(7)13-15-29/h8-11,16-17,23,30H,12-15H2,1-7H3/t23-/m1/s1. The summed E-state index contributed by atoms with van der Waals surface area (Å²) in [5.41, 5.74) is 4.22. The van der Waals surface area contributed by atoms with Gasteiger partial charge in [0.15, 0.2) is 0 Å². The number of benzene rings is 2. The Morgan fingerprint density at radius 2 is 1.27 bits per heavy atom. The lowest BCUT2D eigenvalue weighted by Gasteiger charge is -2.39. The lowest BCUT2D eigenvalue weighted by Crippen LogP contribution is -2.46. The number of piperazine rings is 1. The minimum atomic E-state index is -0.146. The maximum absolute atomic E-state index is 11.2. The average Bonchev–Trinajstić information content (AvgIpc) is 2.64.